The highest BCUT2D eigenvalue weighted by atomic mass is 35.5. The number of rotatable bonds is 4. The molecule has 0 bridgehead atoms. The van der Waals surface area contributed by atoms with Crippen LogP contribution in [0, 0.1) is 5.92 Å². The highest BCUT2D eigenvalue weighted by Gasteiger charge is 2.16. The van der Waals surface area contributed by atoms with E-state index in [1.54, 1.807) is 6.07 Å². The number of hydrogen-bond donors (Lipinski definition) is 2. The van der Waals surface area contributed by atoms with E-state index in [2.05, 4.69) is 10.6 Å². The third kappa shape index (κ3) is 4.25. The molecule has 1 heterocycles. The standard InChI is InChI=1S/C13H15Cl3N2O/c14-9-5-11(16)12(6-10(9)15)18-13(19)2-1-8-3-4-17-7-8/h5-6,8,17H,1-4,7H2,(H,18,19). The van der Waals surface area contributed by atoms with Crippen molar-refractivity contribution in [1.82, 2.24) is 5.32 Å². The molecule has 6 heteroatoms. The van der Waals surface area contributed by atoms with Crippen molar-refractivity contribution in [3.05, 3.63) is 27.2 Å². The van der Waals surface area contributed by atoms with Crippen LogP contribution in [0.4, 0.5) is 5.69 Å². The lowest BCUT2D eigenvalue weighted by molar-refractivity contribution is -0.116. The van der Waals surface area contributed by atoms with Gasteiger partial charge in [0, 0.05) is 6.42 Å². The monoisotopic (exact) mass is 320 g/mol. The SMILES string of the molecule is O=C(CCC1CCNC1)Nc1cc(Cl)c(Cl)cc1Cl. The Hall–Kier alpha value is -0.480. The second-order valence-corrected chi connectivity index (χ2v) is 5.91. The third-order valence-corrected chi connectivity index (χ3v) is 4.26. The van der Waals surface area contributed by atoms with Crippen LogP contribution in [0.1, 0.15) is 19.3 Å². The fraction of sp³-hybridized carbons (Fsp3) is 0.462. The molecule has 1 aliphatic rings. The smallest absolute Gasteiger partial charge is 0.224 e. The predicted molar refractivity (Wildman–Crippen MR) is 80.3 cm³/mol. The molecule has 2 rings (SSSR count). The van der Waals surface area contributed by atoms with Crippen LogP contribution in [-0.2, 0) is 4.79 Å². The lowest BCUT2D eigenvalue weighted by atomic mass is 10.0. The maximum absolute atomic E-state index is 11.9. The zero-order chi connectivity index (χ0) is 13.8. The van der Waals surface area contributed by atoms with Gasteiger partial charge in [0.15, 0.2) is 0 Å². The quantitative estimate of drug-likeness (QED) is 0.824. The number of anilines is 1. The molecule has 0 saturated carbocycles. The molecule has 2 N–H and O–H groups in total. The van der Waals surface area contributed by atoms with Gasteiger partial charge in [0.2, 0.25) is 5.91 Å². The van der Waals surface area contributed by atoms with E-state index in [0.717, 1.165) is 25.9 Å². The molecule has 1 amide bonds. The summed E-state index contributed by atoms with van der Waals surface area (Å²) in [5, 5.41) is 7.20. The molecule has 1 saturated heterocycles. The lowest BCUT2D eigenvalue weighted by Gasteiger charge is -2.10. The zero-order valence-corrected chi connectivity index (χ0v) is 12.6. The Balaban J connectivity index is 1.89. The molecule has 0 aromatic heterocycles. The predicted octanol–water partition coefficient (Wildman–Crippen LogP) is 3.98. The topological polar surface area (TPSA) is 41.1 Å². The van der Waals surface area contributed by atoms with E-state index in [1.165, 1.54) is 6.07 Å². The zero-order valence-electron chi connectivity index (χ0n) is 10.3. The van der Waals surface area contributed by atoms with E-state index in [4.69, 9.17) is 34.8 Å². The lowest BCUT2D eigenvalue weighted by Crippen LogP contribution is -2.15. The molecule has 19 heavy (non-hydrogen) atoms. The largest absolute Gasteiger partial charge is 0.325 e. The number of nitrogens with one attached hydrogen (secondary N) is 2. The van der Waals surface area contributed by atoms with Crippen molar-refractivity contribution in [2.24, 2.45) is 5.92 Å². The first-order valence-electron chi connectivity index (χ1n) is 6.21. The second kappa shape index (κ2) is 6.80. The molecule has 104 valence electrons. The number of carbonyl (C=O) groups excluding carboxylic acids is 1. The Bertz CT molecular complexity index is 473. The average Bonchev–Trinajstić information content (AvgIpc) is 2.86. The number of amides is 1. The van der Waals surface area contributed by atoms with E-state index in [9.17, 15) is 4.79 Å². The van der Waals surface area contributed by atoms with E-state index < -0.39 is 0 Å². The van der Waals surface area contributed by atoms with Gasteiger partial charge in [-0.25, -0.2) is 0 Å². The van der Waals surface area contributed by atoms with Crippen molar-refractivity contribution in [2.75, 3.05) is 18.4 Å². The maximum Gasteiger partial charge on any atom is 0.224 e. The molecular weight excluding hydrogens is 307 g/mol. The Kier molecular flexibility index (Phi) is 5.34. The van der Waals surface area contributed by atoms with Gasteiger partial charge in [-0.3, -0.25) is 4.79 Å². The van der Waals surface area contributed by atoms with Gasteiger partial charge in [0.1, 0.15) is 0 Å². The average molecular weight is 322 g/mol. The van der Waals surface area contributed by atoms with Gasteiger partial charge in [-0.1, -0.05) is 34.8 Å². The van der Waals surface area contributed by atoms with Crippen molar-refractivity contribution in [3.8, 4) is 0 Å². The minimum atomic E-state index is -0.0489. The second-order valence-electron chi connectivity index (χ2n) is 4.69. The molecule has 0 spiro atoms. The number of carbonyl (C=O) groups is 1. The first-order valence-corrected chi connectivity index (χ1v) is 7.35. The fourth-order valence-electron chi connectivity index (χ4n) is 2.13. The summed E-state index contributed by atoms with van der Waals surface area (Å²) >= 11 is 17.7. The molecule has 1 aromatic rings. The Morgan fingerprint density at radius 2 is 2.00 bits per heavy atom. The molecule has 1 aromatic carbocycles. The van der Waals surface area contributed by atoms with E-state index in [1.807, 2.05) is 0 Å². The summed E-state index contributed by atoms with van der Waals surface area (Å²) in [5.41, 5.74) is 0.505. The molecule has 1 fully saturated rings. The summed E-state index contributed by atoms with van der Waals surface area (Å²) in [4.78, 5) is 11.9. The van der Waals surface area contributed by atoms with Crippen molar-refractivity contribution >= 4 is 46.4 Å². The molecular formula is C13H15Cl3N2O. The first-order chi connectivity index (χ1) is 9.06. The Labute approximate surface area is 127 Å². The summed E-state index contributed by atoms with van der Waals surface area (Å²) < 4.78 is 0. The van der Waals surface area contributed by atoms with Crippen LogP contribution in [0.3, 0.4) is 0 Å². The summed E-state index contributed by atoms with van der Waals surface area (Å²) in [5.74, 6) is 0.544. The highest BCUT2D eigenvalue weighted by molar-refractivity contribution is 6.44. The van der Waals surface area contributed by atoms with Crippen LogP contribution in [0.5, 0.6) is 0 Å². The van der Waals surface area contributed by atoms with E-state index >= 15 is 0 Å². The van der Waals surface area contributed by atoms with Gasteiger partial charge >= 0.3 is 0 Å². The first kappa shape index (κ1) is 14.9. The van der Waals surface area contributed by atoms with Crippen LogP contribution in [-0.4, -0.2) is 19.0 Å². The molecule has 1 unspecified atom stereocenters. The van der Waals surface area contributed by atoms with Gasteiger partial charge in [0.05, 0.1) is 20.8 Å². The van der Waals surface area contributed by atoms with Crippen molar-refractivity contribution < 1.29 is 4.79 Å². The molecule has 0 radical (unpaired) electrons. The van der Waals surface area contributed by atoms with Crippen molar-refractivity contribution in [2.45, 2.75) is 19.3 Å². The van der Waals surface area contributed by atoms with Crippen LogP contribution in [0.2, 0.25) is 15.1 Å². The van der Waals surface area contributed by atoms with Crippen molar-refractivity contribution in [1.29, 1.82) is 0 Å². The minimum Gasteiger partial charge on any atom is -0.325 e. The number of hydrogen-bond acceptors (Lipinski definition) is 2. The number of halogens is 3. The van der Waals surface area contributed by atoms with Gasteiger partial charge in [0.25, 0.3) is 0 Å². The molecule has 0 aliphatic carbocycles. The summed E-state index contributed by atoms with van der Waals surface area (Å²) in [6.45, 7) is 2.05. The molecule has 3 nitrogen and oxygen atoms in total. The maximum atomic E-state index is 11.9. The Morgan fingerprint density at radius 1 is 1.26 bits per heavy atom. The van der Waals surface area contributed by atoms with E-state index in [-0.39, 0.29) is 5.91 Å². The van der Waals surface area contributed by atoms with Gasteiger partial charge in [-0.2, -0.15) is 0 Å². The summed E-state index contributed by atoms with van der Waals surface area (Å²) in [6.07, 6.45) is 2.52. The van der Waals surface area contributed by atoms with Gasteiger partial charge in [-0.05, 0) is 44.0 Å². The van der Waals surface area contributed by atoms with Gasteiger partial charge < -0.3 is 10.6 Å². The molecule has 1 atom stereocenters. The van der Waals surface area contributed by atoms with Crippen LogP contribution >= 0.6 is 34.8 Å². The van der Waals surface area contributed by atoms with Crippen LogP contribution in [0.15, 0.2) is 12.1 Å². The fourth-order valence-corrected chi connectivity index (χ4v) is 2.72. The van der Waals surface area contributed by atoms with Crippen molar-refractivity contribution in [3.63, 3.8) is 0 Å². The normalized spacial score (nSPS) is 18.6. The van der Waals surface area contributed by atoms with E-state index in [0.29, 0.717) is 33.1 Å². The minimum absolute atomic E-state index is 0.0489. The molecule has 1 aliphatic heterocycles. The summed E-state index contributed by atoms with van der Waals surface area (Å²) in [7, 11) is 0. The Morgan fingerprint density at radius 3 is 2.68 bits per heavy atom. The van der Waals surface area contributed by atoms with Gasteiger partial charge in [-0.15, -0.1) is 0 Å². The highest BCUT2D eigenvalue weighted by Crippen LogP contribution is 2.32. The third-order valence-electron chi connectivity index (χ3n) is 3.23. The summed E-state index contributed by atoms with van der Waals surface area (Å²) in [6, 6.07) is 3.10. The number of benzene rings is 1. The van der Waals surface area contributed by atoms with Crippen LogP contribution in [0.25, 0.3) is 0 Å². The van der Waals surface area contributed by atoms with Crippen LogP contribution < -0.4 is 10.6 Å².